The lowest BCUT2D eigenvalue weighted by Crippen LogP contribution is -2.21. The van der Waals surface area contributed by atoms with Gasteiger partial charge in [0, 0.05) is 22.2 Å². The summed E-state index contributed by atoms with van der Waals surface area (Å²) in [7, 11) is 2.02. The summed E-state index contributed by atoms with van der Waals surface area (Å²) in [5, 5.41) is 9.78. The molecule has 0 aliphatic heterocycles. The number of nitriles is 1. The second-order valence-corrected chi connectivity index (χ2v) is 6.00. The van der Waals surface area contributed by atoms with Crippen LogP contribution in [0.4, 0.5) is 5.69 Å². The maximum Gasteiger partial charge on any atom is 0.0992 e. The highest BCUT2D eigenvalue weighted by atomic mass is 79.9. The molecule has 0 saturated heterocycles. The molecule has 0 radical (unpaired) electrons. The first-order valence-corrected chi connectivity index (χ1v) is 7.37. The smallest absolute Gasteiger partial charge is 0.0992 e. The Morgan fingerprint density at radius 2 is 1.85 bits per heavy atom. The van der Waals surface area contributed by atoms with Crippen LogP contribution in [0.3, 0.4) is 0 Å². The lowest BCUT2D eigenvalue weighted by atomic mass is 10.1. The van der Waals surface area contributed by atoms with Gasteiger partial charge in [-0.25, -0.2) is 0 Å². The fourth-order valence-electron chi connectivity index (χ4n) is 2.03. The summed E-state index contributed by atoms with van der Waals surface area (Å²) in [5.74, 6) is 0. The summed E-state index contributed by atoms with van der Waals surface area (Å²) < 4.78 is 0.904. The highest BCUT2D eigenvalue weighted by molar-refractivity contribution is 9.10. The van der Waals surface area contributed by atoms with Gasteiger partial charge in [0.1, 0.15) is 0 Å². The lowest BCUT2D eigenvalue weighted by Gasteiger charge is -2.28. The molecule has 0 amide bonds. The molecular weight excluding hydrogens is 336 g/mol. The molecule has 2 aromatic carbocycles. The summed E-state index contributed by atoms with van der Waals surface area (Å²) in [4.78, 5) is 2.13. The SMILES string of the molecule is CC(c1ccc(Cl)cc1)N(C)c1cc(Br)cc(C#N)c1. The van der Waals surface area contributed by atoms with Gasteiger partial charge in [0.15, 0.2) is 0 Å². The molecule has 1 unspecified atom stereocenters. The maximum absolute atomic E-state index is 9.05. The largest absolute Gasteiger partial charge is 0.368 e. The Bertz CT molecular complexity index is 647. The van der Waals surface area contributed by atoms with Crippen LogP contribution in [0.2, 0.25) is 5.02 Å². The van der Waals surface area contributed by atoms with Crippen LogP contribution in [0.5, 0.6) is 0 Å². The maximum atomic E-state index is 9.05. The Morgan fingerprint density at radius 1 is 1.20 bits per heavy atom. The van der Waals surface area contributed by atoms with Crippen LogP contribution in [0.25, 0.3) is 0 Å². The molecule has 20 heavy (non-hydrogen) atoms. The molecule has 0 aliphatic rings. The van der Waals surface area contributed by atoms with Crippen LogP contribution < -0.4 is 4.90 Å². The topological polar surface area (TPSA) is 27.0 Å². The molecule has 0 spiro atoms. The van der Waals surface area contributed by atoms with Crippen LogP contribution >= 0.6 is 27.5 Å². The van der Waals surface area contributed by atoms with Crippen molar-refractivity contribution in [1.82, 2.24) is 0 Å². The molecule has 0 N–H and O–H groups in total. The van der Waals surface area contributed by atoms with Crippen molar-refractivity contribution < 1.29 is 0 Å². The third-order valence-corrected chi connectivity index (χ3v) is 4.06. The van der Waals surface area contributed by atoms with Gasteiger partial charge >= 0.3 is 0 Å². The molecule has 0 aliphatic carbocycles. The molecule has 0 fully saturated rings. The zero-order valence-corrected chi connectivity index (χ0v) is 13.6. The van der Waals surface area contributed by atoms with Crippen LogP contribution in [0.1, 0.15) is 24.1 Å². The monoisotopic (exact) mass is 348 g/mol. The van der Waals surface area contributed by atoms with Gasteiger partial charge in [-0.05, 0) is 42.8 Å². The molecule has 102 valence electrons. The Balaban J connectivity index is 2.31. The van der Waals surface area contributed by atoms with Gasteiger partial charge in [-0.2, -0.15) is 5.26 Å². The van der Waals surface area contributed by atoms with Gasteiger partial charge < -0.3 is 4.90 Å². The lowest BCUT2D eigenvalue weighted by molar-refractivity contribution is 0.739. The van der Waals surface area contributed by atoms with Crippen molar-refractivity contribution in [1.29, 1.82) is 5.26 Å². The number of rotatable bonds is 3. The Labute approximate surface area is 132 Å². The van der Waals surface area contributed by atoms with Crippen LogP contribution in [0.15, 0.2) is 46.9 Å². The average molecular weight is 350 g/mol. The fraction of sp³-hybridized carbons (Fsp3) is 0.188. The van der Waals surface area contributed by atoms with Gasteiger partial charge in [-0.1, -0.05) is 39.7 Å². The van der Waals surface area contributed by atoms with E-state index in [0.717, 1.165) is 15.2 Å². The van der Waals surface area contributed by atoms with Crippen LogP contribution in [-0.2, 0) is 0 Å². The third-order valence-electron chi connectivity index (χ3n) is 3.35. The van der Waals surface area contributed by atoms with Crippen molar-refractivity contribution in [3.05, 3.63) is 63.1 Å². The van der Waals surface area contributed by atoms with E-state index in [1.807, 2.05) is 49.5 Å². The highest BCUT2D eigenvalue weighted by Crippen LogP contribution is 2.29. The fourth-order valence-corrected chi connectivity index (χ4v) is 2.64. The van der Waals surface area contributed by atoms with E-state index in [1.54, 1.807) is 0 Å². The molecule has 0 bridgehead atoms. The van der Waals surface area contributed by atoms with E-state index >= 15 is 0 Å². The van der Waals surface area contributed by atoms with Gasteiger partial charge in [-0.15, -0.1) is 0 Å². The van der Waals surface area contributed by atoms with Crippen molar-refractivity contribution >= 4 is 33.2 Å². The molecule has 2 aromatic rings. The van der Waals surface area contributed by atoms with Crippen LogP contribution in [-0.4, -0.2) is 7.05 Å². The number of halogens is 2. The summed E-state index contributed by atoms with van der Waals surface area (Å²) >= 11 is 9.36. The molecule has 2 rings (SSSR count). The van der Waals surface area contributed by atoms with Gasteiger partial charge in [0.25, 0.3) is 0 Å². The van der Waals surface area contributed by atoms with Gasteiger partial charge in [0.2, 0.25) is 0 Å². The number of anilines is 1. The zero-order valence-electron chi connectivity index (χ0n) is 11.3. The van der Waals surface area contributed by atoms with E-state index in [1.165, 1.54) is 5.56 Å². The summed E-state index contributed by atoms with van der Waals surface area (Å²) in [6, 6.07) is 15.9. The van der Waals surface area contributed by atoms with E-state index < -0.39 is 0 Å². The predicted octanol–water partition coefficient (Wildman–Crippen LogP) is 5.17. The van der Waals surface area contributed by atoms with Gasteiger partial charge in [-0.3, -0.25) is 0 Å². The van der Waals surface area contributed by atoms with Crippen molar-refractivity contribution in [2.75, 3.05) is 11.9 Å². The molecule has 0 heterocycles. The molecular formula is C16H14BrClN2. The number of hydrogen-bond donors (Lipinski definition) is 0. The third kappa shape index (κ3) is 3.33. The van der Waals surface area contributed by atoms with E-state index in [-0.39, 0.29) is 6.04 Å². The second kappa shape index (κ2) is 6.30. The van der Waals surface area contributed by atoms with Crippen molar-refractivity contribution in [3.8, 4) is 6.07 Å². The predicted molar refractivity (Wildman–Crippen MR) is 87.1 cm³/mol. The average Bonchev–Trinajstić information content (AvgIpc) is 2.45. The molecule has 2 nitrogen and oxygen atoms in total. The Morgan fingerprint density at radius 3 is 2.45 bits per heavy atom. The van der Waals surface area contributed by atoms with E-state index in [4.69, 9.17) is 16.9 Å². The summed E-state index contributed by atoms with van der Waals surface area (Å²) in [5.41, 5.74) is 2.82. The van der Waals surface area contributed by atoms with E-state index in [2.05, 4.69) is 33.8 Å². The molecule has 0 aromatic heterocycles. The van der Waals surface area contributed by atoms with Crippen molar-refractivity contribution in [2.24, 2.45) is 0 Å². The summed E-state index contributed by atoms with van der Waals surface area (Å²) in [6.45, 7) is 2.12. The minimum absolute atomic E-state index is 0.188. The highest BCUT2D eigenvalue weighted by Gasteiger charge is 2.13. The van der Waals surface area contributed by atoms with Crippen LogP contribution in [0, 0.1) is 11.3 Å². The minimum Gasteiger partial charge on any atom is -0.368 e. The first kappa shape index (κ1) is 14.9. The van der Waals surface area contributed by atoms with Gasteiger partial charge in [0.05, 0.1) is 17.7 Å². The normalized spacial score (nSPS) is 11.8. The first-order valence-electron chi connectivity index (χ1n) is 6.20. The second-order valence-electron chi connectivity index (χ2n) is 4.65. The summed E-state index contributed by atoms with van der Waals surface area (Å²) in [6.07, 6.45) is 0. The Hall–Kier alpha value is -1.50. The molecule has 0 saturated carbocycles. The number of benzene rings is 2. The Kier molecular flexibility index (Phi) is 4.69. The first-order chi connectivity index (χ1) is 9.51. The van der Waals surface area contributed by atoms with Crippen molar-refractivity contribution in [3.63, 3.8) is 0 Å². The molecule has 4 heteroatoms. The standard InChI is InChI=1S/C16H14BrClN2/c1-11(13-3-5-15(18)6-4-13)20(2)16-8-12(10-19)7-14(17)9-16/h3-9,11H,1-2H3. The number of hydrogen-bond acceptors (Lipinski definition) is 2. The minimum atomic E-state index is 0.188. The molecule has 1 atom stereocenters. The number of nitrogens with zero attached hydrogens (tertiary/aromatic N) is 2. The quantitative estimate of drug-likeness (QED) is 0.764. The van der Waals surface area contributed by atoms with Crippen molar-refractivity contribution in [2.45, 2.75) is 13.0 Å². The van der Waals surface area contributed by atoms with E-state index in [9.17, 15) is 0 Å². The zero-order chi connectivity index (χ0) is 14.7. The van der Waals surface area contributed by atoms with E-state index in [0.29, 0.717) is 5.56 Å².